The second-order valence-corrected chi connectivity index (χ2v) is 8.59. The molecule has 0 aliphatic carbocycles. The van der Waals surface area contributed by atoms with E-state index < -0.39 is 5.91 Å². The lowest BCUT2D eigenvalue weighted by Gasteiger charge is -2.37. The SMILES string of the molecule is C[C@H]1COCCN1c1nc(N2CCOC[C@@H]2C)c2ccc(-c3ccc(C(N)=O)cc3)nc2n1. The monoisotopic (exact) mass is 448 g/mol. The standard InChI is InChI=1S/C24H28N6O3/c1-15-13-32-11-9-29(15)23-19-7-8-20(17-3-5-18(6-4-17)21(25)31)26-22(19)27-24(28-23)30-10-12-33-14-16(30)2/h3-8,15-16H,9-14H2,1-2H3,(H2,25,31)/t15-,16-/m0/s1. The number of fused-ring (bicyclic) bond motifs is 1. The molecular formula is C24H28N6O3. The van der Waals surface area contributed by atoms with Gasteiger partial charge in [0.1, 0.15) is 5.82 Å². The van der Waals surface area contributed by atoms with Crippen LogP contribution < -0.4 is 15.5 Å². The number of carbonyl (C=O) groups excluding carboxylic acids is 1. The van der Waals surface area contributed by atoms with E-state index >= 15 is 0 Å². The average Bonchev–Trinajstić information content (AvgIpc) is 2.84. The van der Waals surface area contributed by atoms with Crippen molar-refractivity contribution in [3.05, 3.63) is 42.0 Å². The molecule has 2 aliphatic heterocycles. The van der Waals surface area contributed by atoms with Crippen LogP contribution in [0.25, 0.3) is 22.3 Å². The summed E-state index contributed by atoms with van der Waals surface area (Å²) in [5, 5.41) is 0.908. The summed E-state index contributed by atoms with van der Waals surface area (Å²) >= 11 is 0. The summed E-state index contributed by atoms with van der Waals surface area (Å²) in [6, 6.07) is 11.5. The van der Waals surface area contributed by atoms with Crippen LogP contribution in [-0.4, -0.2) is 72.5 Å². The molecule has 172 valence electrons. The van der Waals surface area contributed by atoms with Gasteiger partial charge in [0, 0.05) is 24.2 Å². The average molecular weight is 449 g/mol. The Morgan fingerprint density at radius 1 is 0.909 bits per heavy atom. The van der Waals surface area contributed by atoms with Gasteiger partial charge in [0.2, 0.25) is 11.9 Å². The van der Waals surface area contributed by atoms with Gasteiger partial charge in [-0.05, 0) is 38.1 Å². The summed E-state index contributed by atoms with van der Waals surface area (Å²) in [5.41, 5.74) is 8.15. The van der Waals surface area contributed by atoms with Gasteiger partial charge in [-0.2, -0.15) is 9.97 Å². The van der Waals surface area contributed by atoms with Crippen molar-refractivity contribution in [3.8, 4) is 11.3 Å². The summed E-state index contributed by atoms with van der Waals surface area (Å²) in [5.74, 6) is 1.10. The molecule has 2 saturated heterocycles. The first-order chi connectivity index (χ1) is 16.0. The zero-order valence-corrected chi connectivity index (χ0v) is 18.9. The van der Waals surface area contributed by atoms with Crippen molar-refractivity contribution in [2.24, 2.45) is 5.73 Å². The normalized spacial score (nSPS) is 21.4. The van der Waals surface area contributed by atoms with Crippen molar-refractivity contribution in [2.45, 2.75) is 25.9 Å². The van der Waals surface area contributed by atoms with E-state index in [0.717, 1.165) is 35.6 Å². The van der Waals surface area contributed by atoms with Crippen molar-refractivity contribution in [2.75, 3.05) is 49.3 Å². The van der Waals surface area contributed by atoms with Gasteiger partial charge < -0.3 is 25.0 Å². The third-order valence-corrected chi connectivity index (χ3v) is 6.26. The van der Waals surface area contributed by atoms with Crippen molar-refractivity contribution in [1.29, 1.82) is 0 Å². The zero-order valence-electron chi connectivity index (χ0n) is 18.9. The fourth-order valence-electron chi connectivity index (χ4n) is 4.36. The van der Waals surface area contributed by atoms with Crippen LogP contribution >= 0.6 is 0 Å². The summed E-state index contributed by atoms with van der Waals surface area (Å²) in [7, 11) is 0. The predicted molar refractivity (Wildman–Crippen MR) is 127 cm³/mol. The number of aromatic nitrogens is 3. The van der Waals surface area contributed by atoms with Crippen LogP contribution in [0.2, 0.25) is 0 Å². The number of nitrogens with two attached hydrogens (primary N) is 1. The Kier molecular flexibility index (Phi) is 5.82. The Bertz CT molecular complexity index is 1170. The summed E-state index contributed by atoms with van der Waals surface area (Å²) in [6.45, 7) is 8.38. The van der Waals surface area contributed by atoms with Crippen LogP contribution in [0.4, 0.5) is 11.8 Å². The van der Waals surface area contributed by atoms with E-state index in [9.17, 15) is 4.79 Å². The molecule has 0 saturated carbocycles. The molecule has 2 fully saturated rings. The van der Waals surface area contributed by atoms with E-state index in [1.54, 1.807) is 12.1 Å². The molecule has 1 amide bonds. The van der Waals surface area contributed by atoms with Gasteiger partial charge in [-0.1, -0.05) is 12.1 Å². The number of morpholine rings is 2. The number of amides is 1. The largest absolute Gasteiger partial charge is 0.377 e. The highest BCUT2D eigenvalue weighted by molar-refractivity contribution is 5.93. The first kappa shape index (κ1) is 21.5. The maximum Gasteiger partial charge on any atom is 0.248 e. The lowest BCUT2D eigenvalue weighted by molar-refractivity contribution is 0.0973. The quantitative estimate of drug-likeness (QED) is 0.648. The predicted octanol–water partition coefficient (Wildman–Crippen LogP) is 2.24. The number of carbonyl (C=O) groups is 1. The maximum absolute atomic E-state index is 11.4. The molecule has 0 unspecified atom stereocenters. The third kappa shape index (κ3) is 4.21. The van der Waals surface area contributed by atoms with E-state index in [0.29, 0.717) is 43.6 Å². The van der Waals surface area contributed by atoms with Crippen LogP contribution in [0.3, 0.4) is 0 Å². The molecule has 2 aromatic heterocycles. The van der Waals surface area contributed by atoms with E-state index in [-0.39, 0.29) is 12.1 Å². The minimum atomic E-state index is -0.450. The van der Waals surface area contributed by atoms with E-state index in [1.165, 1.54) is 0 Å². The highest BCUT2D eigenvalue weighted by Gasteiger charge is 2.27. The number of nitrogens with zero attached hydrogens (tertiary/aromatic N) is 5. The molecule has 4 heterocycles. The first-order valence-electron chi connectivity index (χ1n) is 11.3. The van der Waals surface area contributed by atoms with Gasteiger partial charge in [0.25, 0.3) is 0 Å². The number of primary amides is 1. The van der Waals surface area contributed by atoms with Crippen molar-refractivity contribution < 1.29 is 14.3 Å². The molecule has 0 spiro atoms. The molecule has 0 radical (unpaired) electrons. The Labute approximate surface area is 192 Å². The van der Waals surface area contributed by atoms with Crippen molar-refractivity contribution in [1.82, 2.24) is 15.0 Å². The Hall–Kier alpha value is -3.30. The number of benzene rings is 1. The molecule has 5 rings (SSSR count). The fraction of sp³-hybridized carbons (Fsp3) is 0.417. The Morgan fingerprint density at radius 3 is 2.21 bits per heavy atom. The molecule has 0 bridgehead atoms. The number of hydrogen-bond acceptors (Lipinski definition) is 8. The highest BCUT2D eigenvalue weighted by Crippen LogP contribution is 2.31. The minimum Gasteiger partial charge on any atom is -0.377 e. The van der Waals surface area contributed by atoms with Crippen LogP contribution in [0, 0.1) is 0 Å². The Balaban J connectivity index is 1.62. The second kappa shape index (κ2) is 8.92. The van der Waals surface area contributed by atoms with E-state index in [4.69, 9.17) is 30.2 Å². The fourth-order valence-corrected chi connectivity index (χ4v) is 4.36. The molecule has 9 heteroatoms. The second-order valence-electron chi connectivity index (χ2n) is 8.59. The van der Waals surface area contributed by atoms with Crippen molar-refractivity contribution >= 4 is 28.7 Å². The van der Waals surface area contributed by atoms with E-state index in [1.807, 2.05) is 24.3 Å². The van der Waals surface area contributed by atoms with Crippen LogP contribution in [0.5, 0.6) is 0 Å². The topological polar surface area (TPSA) is 107 Å². The van der Waals surface area contributed by atoms with Gasteiger partial charge in [-0.3, -0.25) is 4.79 Å². The lowest BCUT2D eigenvalue weighted by atomic mass is 10.1. The van der Waals surface area contributed by atoms with Crippen LogP contribution in [-0.2, 0) is 9.47 Å². The molecule has 2 aliphatic rings. The first-order valence-corrected chi connectivity index (χ1v) is 11.3. The molecular weight excluding hydrogens is 420 g/mol. The van der Waals surface area contributed by atoms with E-state index in [2.05, 4.69) is 23.6 Å². The highest BCUT2D eigenvalue weighted by atomic mass is 16.5. The summed E-state index contributed by atoms with van der Waals surface area (Å²) in [6.07, 6.45) is 0. The molecule has 2 N–H and O–H groups in total. The number of pyridine rings is 1. The van der Waals surface area contributed by atoms with Gasteiger partial charge in [-0.15, -0.1) is 0 Å². The molecule has 2 atom stereocenters. The molecule has 3 aromatic rings. The van der Waals surface area contributed by atoms with Gasteiger partial charge >= 0.3 is 0 Å². The summed E-state index contributed by atoms with van der Waals surface area (Å²) < 4.78 is 11.3. The molecule has 9 nitrogen and oxygen atoms in total. The minimum absolute atomic E-state index is 0.177. The number of ether oxygens (including phenoxy) is 2. The zero-order chi connectivity index (χ0) is 22.9. The third-order valence-electron chi connectivity index (χ3n) is 6.26. The Morgan fingerprint density at radius 2 is 1.58 bits per heavy atom. The molecule has 1 aromatic carbocycles. The number of anilines is 2. The number of hydrogen-bond donors (Lipinski definition) is 1. The van der Waals surface area contributed by atoms with Crippen molar-refractivity contribution in [3.63, 3.8) is 0 Å². The number of rotatable bonds is 4. The molecule has 33 heavy (non-hydrogen) atoms. The van der Waals surface area contributed by atoms with Crippen LogP contribution in [0.1, 0.15) is 24.2 Å². The lowest BCUT2D eigenvalue weighted by Crippen LogP contribution is -2.46. The smallest absolute Gasteiger partial charge is 0.248 e. The summed E-state index contributed by atoms with van der Waals surface area (Å²) in [4.78, 5) is 30.7. The van der Waals surface area contributed by atoms with Gasteiger partial charge in [-0.25, -0.2) is 4.98 Å². The van der Waals surface area contributed by atoms with Gasteiger partial charge in [0.05, 0.1) is 49.6 Å². The van der Waals surface area contributed by atoms with Crippen LogP contribution in [0.15, 0.2) is 36.4 Å². The maximum atomic E-state index is 11.4. The van der Waals surface area contributed by atoms with Gasteiger partial charge in [0.15, 0.2) is 5.65 Å².